The SMILES string of the molecule is CCCCCCCCCCCCC(CCCCN)C(C)C. The molecule has 0 bridgehead atoms. The Morgan fingerprint density at radius 3 is 1.48 bits per heavy atom. The topological polar surface area (TPSA) is 26.0 Å². The molecule has 0 aliphatic carbocycles. The number of hydrogen-bond acceptors (Lipinski definition) is 1. The minimum atomic E-state index is 0.848. The maximum absolute atomic E-state index is 5.60. The minimum Gasteiger partial charge on any atom is -0.330 e. The number of unbranched alkanes of at least 4 members (excludes halogenated alkanes) is 10. The quantitative estimate of drug-likeness (QED) is 0.315. The predicted octanol–water partition coefficient (Wildman–Crippen LogP) is 6.70. The molecule has 1 unspecified atom stereocenters. The average molecular weight is 298 g/mol. The standard InChI is InChI=1S/C20H43N/c1-4-5-6-7-8-9-10-11-12-13-16-20(19(2)3)17-14-15-18-21/h19-20H,4-18,21H2,1-3H3. The van der Waals surface area contributed by atoms with Crippen LogP contribution in [0.4, 0.5) is 0 Å². The summed E-state index contributed by atoms with van der Waals surface area (Å²) in [7, 11) is 0. The van der Waals surface area contributed by atoms with E-state index in [4.69, 9.17) is 5.73 Å². The van der Waals surface area contributed by atoms with Crippen LogP contribution in [0.5, 0.6) is 0 Å². The van der Waals surface area contributed by atoms with E-state index in [1.807, 2.05) is 0 Å². The Balaban J connectivity index is 3.37. The number of hydrogen-bond donors (Lipinski definition) is 1. The molecule has 1 nitrogen and oxygen atoms in total. The molecule has 0 heterocycles. The lowest BCUT2D eigenvalue weighted by molar-refractivity contribution is 0.315. The van der Waals surface area contributed by atoms with Crippen molar-refractivity contribution in [2.75, 3.05) is 6.54 Å². The van der Waals surface area contributed by atoms with E-state index in [9.17, 15) is 0 Å². The molecule has 0 aromatic heterocycles. The first-order valence-electron chi connectivity index (χ1n) is 9.92. The normalized spacial score (nSPS) is 13.0. The van der Waals surface area contributed by atoms with Gasteiger partial charge in [0.05, 0.1) is 0 Å². The molecule has 1 heteroatoms. The molecule has 21 heavy (non-hydrogen) atoms. The van der Waals surface area contributed by atoms with Crippen LogP contribution in [-0.4, -0.2) is 6.54 Å². The Kier molecular flexibility index (Phi) is 16.3. The van der Waals surface area contributed by atoms with Crippen LogP contribution in [0.1, 0.15) is 111 Å². The minimum absolute atomic E-state index is 0.848. The van der Waals surface area contributed by atoms with Gasteiger partial charge in [0.1, 0.15) is 0 Å². The second-order valence-electron chi connectivity index (χ2n) is 7.26. The third-order valence-electron chi connectivity index (χ3n) is 4.90. The summed E-state index contributed by atoms with van der Waals surface area (Å²) in [5.41, 5.74) is 5.60. The molecule has 128 valence electrons. The molecule has 0 aromatic carbocycles. The van der Waals surface area contributed by atoms with E-state index in [0.29, 0.717) is 0 Å². The van der Waals surface area contributed by atoms with Crippen molar-refractivity contribution >= 4 is 0 Å². The summed E-state index contributed by atoms with van der Waals surface area (Å²) in [5, 5.41) is 0. The molecule has 1 atom stereocenters. The number of nitrogens with two attached hydrogens (primary N) is 1. The van der Waals surface area contributed by atoms with Crippen molar-refractivity contribution in [1.82, 2.24) is 0 Å². The molecule has 0 aromatic rings. The highest BCUT2D eigenvalue weighted by atomic mass is 14.5. The Hall–Kier alpha value is -0.0400. The van der Waals surface area contributed by atoms with E-state index in [1.54, 1.807) is 0 Å². The molecule has 0 amide bonds. The van der Waals surface area contributed by atoms with Gasteiger partial charge in [-0.3, -0.25) is 0 Å². The number of rotatable bonds is 16. The lowest BCUT2D eigenvalue weighted by atomic mass is 9.86. The molecule has 0 aliphatic rings. The molecule has 0 fully saturated rings. The summed E-state index contributed by atoms with van der Waals surface area (Å²) < 4.78 is 0. The van der Waals surface area contributed by atoms with Gasteiger partial charge >= 0.3 is 0 Å². The first-order chi connectivity index (χ1) is 10.2. The molecular weight excluding hydrogens is 254 g/mol. The third-order valence-corrected chi connectivity index (χ3v) is 4.90. The fraction of sp³-hybridized carbons (Fsp3) is 1.00. The largest absolute Gasteiger partial charge is 0.330 e. The second kappa shape index (κ2) is 16.3. The van der Waals surface area contributed by atoms with Gasteiger partial charge in [-0.15, -0.1) is 0 Å². The van der Waals surface area contributed by atoms with E-state index in [2.05, 4.69) is 20.8 Å². The Morgan fingerprint density at radius 1 is 0.619 bits per heavy atom. The summed E-state index contributed by atoms with van der Waals surface area (Å²) in [6.45, 7) is 7.94. The van der Waals surface area contributed by atoms with Crippen LogP contribution < -0.4 is 5.73 Å². The molecule has 0 spiro atoms. The second-order valence-corrected chi connectivity index (χ2v) is 7.26. The summed E-state index contributed by atoms with van der Waals surface area (Å²) in [6.07, 6.45) is 19.8. The van der Waals surface area contributed by atoms with Gasteiger partial charge in [0.25, 0.3) is 0 Å². The van der Waals surface area contributed by atoms with Gasteiger partial charge in [0.15, 0.2) is 0 Å². The van der Waals surface area contributed by atoms with Crippen molar-refractivity contribution in [2.45, 2.75) is 111 Å². The lowest BCUT2D eigenvalue weighted by Gasteiger charge is -2.20. The van der Waals surface area contributed by atoms with Crippen molar-refractivity contribution in [3.8, 4) is 0 Å². The zero-order valence-electron chi connectivity index (χ0n) is 15.3. The Bertz CT molecular complexity index is 188. The van der Waals surface area contributed by atoms with Crippen LogP contribution in [0.3, 0.4) is 0 Å². The van der Waals surface area contributed by atoms with Gasteiger partial charge in [-0.25, -0.2) is 0 Å². The molecule has 0 rings (SSSR count). The summed E-state index contributed by atoms with van der Waals surface area (Å²) in [4.78, 5) is 0. The van der Waals surface area contributed by atoms with Crippen LogP contribution in [-0.2, 0) is 0 Å². The van der Waals surface area contributed by atoms with E-state index in [1.165, 1.54) is 89.9 Å². The zero-order chi connectivity index (χ0) is 15.8. The predicted molar refractivity (Wildman–Crippen MR) is 97.7 cm³/mol. The van der Waals surface area contributed by atoms with Crippen LogP contribution in [0.15, 0.2) is 0 Å². The van der Waals surface area contributed by atoms with Crippen LogP contribution in [0.2, 0.25) is 0 Å². The van der Waals surface area contributed by atoms with Crippen molar-refractivity contribution in [1.29, 1.82) is 0 Å². The first-order valence-corrected chi connectivity index (χ1v) is 9.92. The van der Waals surface area contributed by atoms with Crippen LogP contribution in [0.25, 0.3) is 0 Å². The maximum Gasteiger partial charge on any atom is -0.00773 e. The summed E-state index contributed by atoms with van der Waals surface area (Å²) >= 11 is 0. The Labute approximate surface area is 135 Å². The molecule has 2 N–H and O–H groups in total. The van der Waals surface area contributed by atoms with Crippen molar-refractivity contribution in [3.63, 3.8) is 0 Å². The van der Waals surface area contributed by atoms with E-state index >= 15 is 0 Å². The smallest absolute Gasteiger partial charge is 0.00773 e. The summed E-state index contributed by atoms with van der Waals surface area (Å²) in [6, 6.07) is 0. The maximum atomic E-state index is 5.60. The third kappa shape index (κ3) is 14.7. The van der Waals surface area contributed by atoms with Gasteiger partial charge in [-0.2, -0.15) is 0 Å². The zero-order valence-corrected chi connectivity index (χ0v) is 15.3. The monoisotopic (exact) mass is 297 g/mol. The van der Waals surface area contributed by atoms with Crippen molar-refractivity contribution < 1.29 is 0 Å². The first kappa shape index (κ1) is 21.0. The van der Waals surface area contributed by atoms with Gasteiger partial charge in [0.2, 0.25) is 0 Å². The van der Waals surface area contributed by atoms with Crippen LogP contribution in [0, 0.1) is 11.8 Å². The molecule has 0 saturated carbocycles. The van der Waals surface area contributed by atoms with Crippen molar-refractivity contribution in [2.24, 2.45) is 17.6 Å². The highest BCUT2D eigenvalue weighted by molar-refractivity contribution is 4.64. The van der Waals surface area contributed by atoms with Crippen LogP contribution >= 0.6 is 0 Å². The summed E-state index contributed by atoms with van der Waals surface area (Å²) in [5.74, 6) is 1.78. The Morgan fingerprint density at radius 2 is 1.05 bits per heavy atom. The average Bonchev–Trinajstić information content (AvgIpc) is 2.47. The fourth-order valence-electron chi connectivity index (χ4n) is 3.26. The lowest BCUT2D eigenvalue weighted by Crippen LogP contribution is -2.10. The van der Waals surface area contributed by atoms with E-state index < -0.39 is 0 Å². The van der Waals surface area contributed by atoms with Gasteiger partial charge in [-0.05, 0) is 24.8 Å². The highest BCUT2D eigenvalue weighted by Crippen LogP contribution is 2.24. The van der Waals surface area contributed by atoms with Gasteiger partial charge in [0, 0.05) is 0 Å². The molecule has 0 saturated heterocycles. The highest BCUT2D eigenvalue weighted by Gasteiger charge is 2.12. The van der Waals surface area contributed by atoms with E-state index in [0.717, 1.165) is 18.4 Å². The molecular formula is C20H43N. The molecule has 0 radical (unpaired) electrons. The molecule has 0 aliphatic heterocycles. The van der Waals surface area contributed by atoms with Gasteiger partial charge < -0.3 is 5.73 Å². The van der Waals surface area contributed by atoms with Crippen molar-refractivity contribution in [3.05, 3.63) is 0 Å². The van der Waals surface area contributed by atoms with Gasteiger partial charge in [-0.1, -0.05) is 104 Å². The fourth-order valence-corrected chi connectivity index (χ4v) is 3.26. The van der Waals surface area contributed by atoms with E-state index in [-0.39, 0.29) is 0 Å².